The highest BCUT2D eigenvalue weighted by Gasteiger charge is 2.43. The van der Waals surface area contributed by atoms with Crippen molar-refractivity contribution in [3.8, 4) is 0 Å². The molecule has 2 fully saturated rings. The molecule has 1 unspecified atom stereocenters. The molecule has 1 aliphatic heterocycles. The van der Waals surface area contributed by atoms with E-state index in [1.165, 1.54) is 0 Å². The molecule has 0 aromatic heterocycles. The summed E-state index contributed by atoms with van der Waals surface area (Å²) in [6, 6.07) is -0.0446. The largest absolute Gasteiger partial charge is 0.480 e. The summed E-state index contributed by atoms with van der Waals surface area (Å²) < 4.78 is 0. The van der Waals surface area contributed by atoms with Gasteiger partial charge in [-0.2, -0.15) is 11.8 Å². The Kier molecular flexibility index (Phi) is 4.83. The second kappa shape index (κ2) is 6.24. The molecule has 0 aromatic rings. The quantitative estimate of drug-likeness (QED) is 0.820. The van der Waals surface area contributed by atoms with E-state index >= 15 is 0 Å². The Bertz CT molecular complexity index is 381. The van der Waals surface area contributed by atoms with Gasteiger partial charge in [-0.1, -0.05) is 6.92 Å². The first kappa shape index (κ1) is 15.5. The van der Waals surface area contributed by atoms with Crippen molar-refractivity contribution >= 4 is 23.8 Å². The van der Waals surface area contributed by atoms with Crippen LogP contribution < -0.4 is 5.32 Å². The second-order valence-corrected chi connectivity index (χ2v) is 7.27. The Balaban J connectivity index is 2.04. The van der Waals surface area contributed by atoms with E-state index in [-0.39, 0.29) is 12.1 Å². The molecule has 1 saturated heterocycles. The second-order valence-electron chi connectivity index (χ2n) is 6.12. The van der Waals surface area contributed by atoms with Crippen molar-refractivity contribution in [3.05, 3.63) is 0 Å². The summed E-state index contributed by atoms with van der Waals surface area (Å²) in [4.78, 5) is 25.8. The Morgan fingerprint density at radius 2 is 1.95 bits per heavy atom. The molecular formula is C14H24N2O3S. The molecule has 2 rings (SSSR count). The lowest BCUT2D eigenvalue weighted by Crippen LogP contribution is -2.61. The highest BCUT2D eigenvalue weighted by Crippen LogP contribution is 2.32. The smallest absolute Gasteiger partial charge is 0.329 e. The van der Waals surface area contributed by atoms with Gasteiger partial charge in [0.15, 0.2) is 0 Å². The maximum absolute atomic E-state index is 12.4. The highest BCUT2D eigenvalue weighted by molar-refractivity contribution is 7.99. The molecule has 114 valence electrons. The molecule has 1 saturated carbocycles. The van der Waals surface area contributed by atoms with Crippen LogP contribution in [-0.4, -0.2) is 51.6 Å². The van der Waals surface area contributed by atoms with Gasteiger partial charge < -0.3 is 15.3 Å². The molecule has 2 N–H and O–H groups in total. The molecule has 2 amide bonds. The lowest BCUT2D eigenvalue weighted by atomic mass is 9.77. The molecule has 0 spiro atoms. The predicted octanol–water partition coefficient (Wildman–Crippen LogP) is 2.17. The van der Waals surface area contributed by atoms with Gasteiger partial charge in [-0.25, -0.2) is 9.59 Å². The van der Waals surface area contributed by atoms with Gasteiger partial charge in [0.25, 0.3) is 0 Å². The van der Waals surface area contributed by atoms with E-state index in [1.807, 2.05) is 18.7 Å². The van der Waals surface area contributed by atoms with Crippen molar-refractivity contribution < 1.29 is 14.7 Å². The Morgan fingerprint density at radius 3 is 2.50 bits per heavy atom. The lowest BCUT2D eigenvalue weighted by Gasteiger charge is -2.40. The van der Waals surface area contributed by atoms with Gasteiger partial charge in [-0.05, 0) is 38.5 Å². The van der Waals surface area contributed by atoms with E-state index in [9.17, 15) is 14.7 Å². The van der Waals surface area contributed by atoms with E-state index in [4.69, 9.17) is 0 Å². The van der Waals surface area contributed by atoms with Crippen LogP contribution in [-0.2, 0) is 4.79 Å². The number of hydrogen-bond acceptors (Lipinski definition) is 3. The normalized spacial score (nSPS) is 34.6. The first-order chi connectivity index (χ1) is 9.44. The molecule has 20 heavy (non-hydrogen) atoms. The predicted molar refractivity (Wildman–Crippen MR) is 80.0 cm³/mol. The van der Waals surface area contributed by atoms with Crippen LogP contribution in [0.3, 0.4) is 0 Å². The summed E-state index contributed by atoms with van der Waals surface area (Å²) in [5.41, 5.74) is -1.06. The zero-order valence-electron chi connectivity index (χ0n) is 12.2. The molecule has 0 bridgehead atoms. The Labute approximate surface area is 124 Å². The number of carbonyl (C=O) groups is 2. The van der Waals surface area contributed by atoms with Crippen molar-refractivity contribution in [2.45, 2.75) is 51.1 Å². The first-order valence-electron chi connectivity index (χ1n) is 7.34. The molecule has 6 heteroatoms. The maximum atomic E-state index is 12.4. The summed E-state index contributed by atoms with van der Waals surface area (Å²) in [5.74, 6) is 1.50. The molecule has 1 heterocycles. The van der Waals surface area contributed by atoms with Crippen LogP contribution in [0.5, 0.6) is 0 Å². The van der Waals surface area contributed by atoms with Crippen LogP contribution in [0.25, 0.3) is 0 Å². The molecule has 0 aromatic carbocycles. The van der Waals surface area contributed by atoms with E-state index in [1.54, 1.807) is 4.90 Å². The van der Waals surface area contributed by atoms with Crippen LogP contribution in [0.15, 0.2) is 0 Å². The van der Waals surface area contributed by atoms with Gasteiger partial charge in [-0.15, -0.1) is 0 Å². The topological polar surface area (TPSA) is 69.6 Å². The zero-order chi connectivity index (χ0) is 14.8. The molecule has 5 nitrogen and oxygen atoms in total. The van der Waals surface area contributed by atoms with Crippen molar-refractivity contribution in [1.82, 2.24) is 10.2 Å². The number of thioether (sulfide) groups is 1. The van der Waals surface area contributed by atoms with Crippen LogP contribution in [0.2, 0.25) is 0 Å². The molecule has 2 aliphatic rings. The number of carboxylic acid groups (broad SMARTS) is 1. The third-order valence-electron chi connectivity index (χ3n) is 4.51. The summed E-state index contributed by atoms with van der Waals surface area (Å²) in [6.07, 6.45) is 2.79. The average molecular weight is 300 g/mol. The SMILES string of the molecule is CC1CCC(NC(=O)N2CCSCC2C)(C(=O)O)CC1. The first-order valence-corrected chi connectivity index (χ1v) is 8.50. The Hall–Kier alpha value is -0.910. The third kappa shape index (κ3) is 3.22. The van der Waals surface area contributed by atoms with Crippen LogP contribution in [0.4, 0.5) is 4.79 Å². The minimum atomic E-state index is -1.06. The minimum absolute atomic E-state index is 0.169. The van der Waals surface area contributed by atoms with E-state index in [0.29, 0.717) is 25.3 Å². The molecular weight excluding hydrogens is 276 g/mol. The number of carbonyl (C=O) groups excluding carboxylic acids is 1. The number of hydrogen-bond donors (Lipinski definition) is 2. The standard InChI is InChI=1S/C14H24N2O3S/c1-10-3-5-14(6-4-10,12(17)18)15-13(19)16-7-8-20-9-11(16)2/h10-11H,3-9H2,1-2H3,(H,15,19)(H,17,18). The van der Waals surface area contributed by atoms with Gasteiger partial charge in [0.1, 0.15) is 5.54 Å². The summed E-state index contributed by atoms with van der Waals surface area (Å²) in [5, 5.41) is 12.4. The fourth-order valence-corrected chi connectivity index (χ4v) is 3.97. The number of amides is 2. The molecule has 1 aliphatic carbocycles. The van der Waals surface area contributed by atoms with Gasteiger partial charge in [0, 0.05) is 24.1 Å². The summed E-state index contributed by atoms with van der Waals surface area (Å²) in [6.45, 7) is 4.85. The van der Waals surface area contributed by atoms with Crippen LogP contribution in [0, 0.1) is 5.92 Å². The van der Waals surface area contributed by atoms with Crippen molar-refractivity contribution in [2.75, 3.05) is 18.1 Å². The molecule has 1 atom stereocenters. The van der Waals surface area contributed by atoms with Gasteiger partial charge in [-0.3, -0.25) is 0 Å². The number of nitrogens with zero attached hydrogens (tertiary/aromatic N) is 1. The van der Waals surface area contributed by atoms with Crippen molar-refractivity contribution in [1.29, 1.82) is 0 Å². The number of nitrogens with one attached hydrogen (secondary N) is 1. The number of carboxylic acids is 1. The number of rotatable bonds is 2. The van der Waals surface area contributed by atoms with Crippen LogP contribution >= 0.6 is 11.8 Å². The summed E-state index contributed by atoms with van der Waals surface area (Å²) in [7, 11) is 0. The Morgan fingerprint density at radius 1 is 1.30 bits per heavy atom. The number of aliphatic carboxylic acids is 1. The fraction of sp³-hybridized carbons (Fsp3) is 0.857. The van der Waals surface area contributed by atoms with Crippen molar-refractivity contribution in [3.63, 3.8) is 0 Å². The summed E-state index contributed by atoms with van der Waals surface area (Å²) >= 11 is 1.84. The maximum Gasteiger partial charge on any atom is 0.329 e. The third-order valence-corrected chi connectivity index (χ3v) is 5.70. The minimum Gasteiger partial charge on any atom is -0.480 e. The van der Waals surface area contributed by atoms with Crippen LogP contribution in [0.1, 0.15) is 39.5 Å². The van der Waals surface area contributed by atoms with E-state index < -0.39 is 11.5 Å². The highest BCUT2D eigenvalue weighted by atomic mass is 32.2. The van der Waals surface area contributed by atoms with E-state index in [0.717, 1.165) is 24.3 Å². The van der Waals surface area contributed by atoms with Gasteiger partial charge >= 0.3 is 12.0 Å². The van der Waals surface area contributed by atoms with Crippen molar-refractivity contribution in [2.24, 2.45) is 5.92 Å². The molecule has 0 radical (unpaired) electrons. The monoisotopic (exact) mass is 300 g/mol. The van der Waals surface area contributed by atoms with E-state index in [2.05, 4.69) is 12.2 Å². The van der Waals surface area contributed by atoms with Gasteiger partial charge in [0.2, 0.25) is 0 Å². The zero-order valence-corrected chi connectivity index (χ0v) is 13.0. The fourth-order valence-electron chi connectivity index (χ4n) is 2.95. The number of urea groups is 1. The average Bonchev–Trinajstić information content (AvgIpc) is 2.41. The van der Waals surface area contributed by atoms with Gasteiger partial charge in [0.05, 0.1) is 0 Å². The lowest BCUT2D eigenvalue weighted by molar-refractivity contribution is -0.146.